The maximum Gasteiger partial charge on any atom is 0.255 e. The molecule has 7 nitrogen and oxygen atoms in total. The van der Waals surface area contributed by atoms with Gasteiger partial charge in [0.15, 0.2) is 0 Å². The van der Waals surface area contributed by atoms with E-state index in [1.165, 1.54) is 30.5 Å². The van der Waals surface area contributed by atoms with E-state index >= 15 is 0 Å². The Labute approximate surface area is 157 Å². The summed E-state index contributed by atoms with van der Waals surface area (Å²) in [6.07, 6.45) is 1.47. The van der Waals surface area contributed by atoms with E-state index in [-0.39, 0.29) is 17.3 Å². The van der Waals surface area contributed by atoms with E-state index in [0.29, 0.717) is 22.8 Å². The van der Waals surface area contributed by atoms with E-state index < -0.39 is 10.0 Å². The number of furan rings is 1. The fourth-order valence-electron chi connectivity index (χ4n) is 2.33. The van der Waals surface area contributed by atoms with E-state index in [1.54, 1.807) is 43.5 Å². The highest BCUT2D eigenvalue weighted by Crippen LogP contribution is 2.17. The van der Waals surface area contributed by atoms with Gasteiger partial charge < -0.3 is 14.5 Å². The van der Waals surface area contributed by atoms with Gasteiger partial charge in [-0.25, -0.2) is 13.1 Å². The molecular formula is C19H18N2O5S. The zero-order valence-electron chi connectivity index (χ0n) is 14.5. The third-order valence-corrected chi connectivity index (χ3v) is 5.21. The first kappa shape index (κ1) is 18.7. The molecule has 0 saturated carbocycles. The van der Waals surface area contributed by atoms with Crippen LogP contribution in [0, 0.1) is 0 Å². The average molecular weight is 386 g/mol. The van der Waals surface area contributed by atoms with Crippen LogP contribution in [0.5, 0.6) is 5.75 Å². The van der Waals surface area contributed by atoms with Gasteiger partial charge in [0.2, 0.25) is 10.0 Å². The molecule has 0 fully saturated rings. The average Bonchev–Trinajstić information content (AvgIpc) is 3.21. The Hall–Kier alpha value is -3.10. The van der Waals surface area contributed by atoms with Crippen LogP contribution in [0.3, 0.4) is 0 Å². The first-order valence-corrected chi connectivity index (χ1v) is 9.54. The first-order chi connectivity index (χ1) is 13.0. The van der Waals surface area contributed by atoms with E-state index in [9.17, 15) is 13.2 Å². The summed E-state index contributed by atoms with van der Waals surface area (Å²) in [4.78, 5) is 12.4. The Morgan fingerprint density at radius 2 is 1.74 bits per heavy atom. The van der Waals surface area contributed by atoms with Crippen LogP contribution in [-0.4, -0.2) is 21.4 Å². The molecule has 0 unspecified atom stereocenters. The highest BCUT2D eigenvalue weighted by atomic mass is 32.2. The number of ether oxygens (including phenoxy) is 1. The van der Waals surface area contributed by atoms with Crippen LogP contribution >= 0.6 is 0 Å². The van der Waals surface area contributed by atoms with Gasteiger partial charge in [0.1, 0.15) is 11.5 Å². The van der Waals surface area contributed by atoms with Crippen molar-refractivity contribution in [3.05, 3.63) is 78.3 Å². The summed E-state index contributed by atoms with van der Waals surface area (Å²) in [6, 6.07) is 15.9. The van der Waals surface area contributed by atoms with Gasteiger partial charge in [0.05, 0.1) is 24.8 Å². The lowest BCUT2D eigenvalue weighted by Crippen LogP contribution is -2.23. The van der Waals surface area contributed by atoms with Crippen LogP contribution in [0.4, 0.5) is 5.69 Å². The summed E-state index contributed by atoms with van der Waals surface area (Å²) < 4.78 is 37.2. The minimum absolute atomic E-state index is 0.0506. The molecule has 1 heterocycles. The Morgan fingerprint density at radius 1 is 1.04 bits per heavy atom. The lowest BCUT2D eigenvalue weighted by Gasteiger charge is -2.08. The van der Waals surface area contributed by atoms with Crippen LogP contribution in [0.15, 0.2) is 76.2 Å². The van der Waals surface area contributed by atoms with Crippen molar-refractivity contribution in [3.8, 4) is 5.75 Å². The standard InChI is InChI=1S/C19H18N2O5S/c1-25-16-8-6-15(7-9-16)21-19(22)14-4-10-18(11-5-14)27(23,24)20-13-17-3-2-12-26-17/h2-12,20H,13H2,1H3,(H,21,22). The molecule has 1 amide bonds. The number of hydrogen-bond acceptors (Lipinski definition) is 5. The minimum Gasteiger partial charge on any atom is -0.497 e. The maximum atomic E-state index is 12.3. The van der Waals surface area contributed by atoms with Gasteiger partial charge in [-0.15, -0.1) is 0 Å². The summed E-state index contributed by atoms with van der Waals surface area (Å²) in [5.41, 5.74) is 0.952. The third-order valence-electron chi connectivity index (χ3n) is 3.79. The molecule has 0 aliphatic rings. The van der Waals surface area contributed by atoms with E-state index in [0.717, 1.165) is 0 Å². The van der Waals surface area contributed by atoms with Crippen molar-refractivity contribution in [1.82, 2.24) is 4.72 Å². The number of methoxy groups -OCH3 is 1. The largest absolute Gasteiger partial charge is 0.497 e. The van der Waals surface area contributed by atoms with Crippen LogP contribution in [0.25, 0.3) is 0 Å². The molecule has 140 valence electrons. The summed E-state index contributed by atoms with van der Waals surface area (Å²) >= 11 is 0. The van der Waals surface area contributed by atoms with Gasteiger partial charge in [-0.05, 0) is 60.7 Å². The number of amides is 1. The minimum atomic E-state index is -3.70. The van der Waals surface area contributed by atoms with Gasteiger partial charge in [-0.2, -0.15) is 0 Å². The molecule has 0 saturated heterocycles. The molecule has 0 radical (unpaired) electrons. The highest BCUT2D eigenvalue weighted by molar-refractivity contribution is 7.89. The van der Waals surface area contributed by atoms with Crippen LogP contribution < -0.4 is 14.8 Å². The lowest BCUT2D eigenvalue weighted by molar-refractivity contribution is 0.102. The van der Waals surface area contributed by atoms with Crippen molar-refractivity contribution in [3.63, 3.8) is 0 Å². The van der Waals surface area contributed by atoms with Gasteiger partial charge >= 0.3 is 0 Å². The summed E-state index contributed by atoms with van der Waals surface area (Å²) in [7, 11) is -2.14. The molecule has 2 aromatic carbocycles. The molecule has 1 aromatic heterocycles. The number of carbonyl (C=O) groups is 1. The summed E-state index contributed by atoms with van der Waals surface area (Å²) in [6.45, 7) is 0.0506. The molecule has 27 heavy (non-hydrogen) atoms. The zero-order valence-corrected chi connectivity index (χ0v) is 15.3. The highest BCUT2D eigenvalue weighted by Gasteiger charge is 2.15. The van der Waals surface area contributed by atoms with Gasteiger partial charge in [0.25, 0.3) is 5.91 Å². The first-order valence-electron chi connectivity index (χ1n) is 8.05. The number of carbonyl (C=O) groups excluding carboxylic acids is 1. The molecule has 8 heteroatoms. The summed E-state index contributed by atoms with van der Waals surface area (Å²) in [5, 5.41) is 2.74. The van der Waals surface area contributed by atoms with Gasteiger partial charge in [0, 0.05) is 11.3 Å². The predicted octanol–water partition coefficient (Wildman–Crippen LogP) is 3.02. The van der Waals surface area contributed by atoms with E-state index in [4.69, 9.17) is 9.15 Å². The molecule has 0 spiro atoms. The second kappa shape index (κ2) is 8.07. The van der Waals surface area contributed by atoms with E-state index in [1.807, 2.05) is 0 Å². The van der Waals surface area contributed by atoms with Crippen molar-refractivity contribution in [2.24, 2.45) is 0 Å². The summed E-state index contributed by atoms with van der Waals surface area (Å²) in [5.74, 6) is 0.853. The number of benzene rings is 2. The number of rotatable bonds is 7. The SMILES string of the molecule is COc1ccc(NC(=O)c2ccc(S(=O)(=O)NCc3ccco3)cc2)cc1. The molecule has 0 atom stereocenters. The number of anilines is 1. The Morgan fingerprint density at radius 3 is 2.33 bits per heavy atom. The van der Waals surface area contributed by atoms with Crippen molar-refractivity contribution in [2.75, 3.05) is 12.4 Å². The predicted molar refractivity (Wildman–Crippen MR) is 100 cm³/mol. The molecule has 3 aromatic rings. The smallest absolute Gasteiger partial charge is 0.255 e. The second-order valence-electron chi connectivity index (χ2n) is 5.61. The molecule has 2 N–H and O–H groups in total. The number of sulfonamides is 1. The molecular weight excluding hydrogens is 368 g/mol. The normalized spacial score (nSPS) is 11.1. The van der Waals surface area contributed by atoms with Crippen molar-refractivity contribution < 1.29 is 22.4 Å². The second-order valence-corrected chi connectivity index (χ2v) is 7.38. The van der Waals surface area contributed by atoms with Gasteiger partial charge in [-0.3, -0.25) is 4.79 Å². The topological polar surface area (TPSA) is 97.6 Å². The quantitative estimate of drug-likeness (QED) is 0.650. The molecule has 3 rings (SSSR count). The van der Waals surface area contributed by atoms with E-state index in [2.05, 4.69) is 10.0 Å². The van der Waals surface area contributed by atoms with Crippen LogP contribution in [0.1, 0.15) is 16.1 Å². The fraction of sp³-hybridized carbons (Fsp3) is 0.105. The third kappa shape index (κ3) is 4.75. The van der Waals surface area contributed by atoms with Crippen molar-refractivity contribution in [2.45, 2.75) is 11.4 Å². The Kier molecular flexibility index (Phi) is 5.58. The lowest BCUT2D eigenvalue weighted by atomic mass is 10.2. The monoisotopic (exact) mass is 386 g/mol. The van der Waals surface area contributed by atoms with Gasteiger partial charge in [-0.1, -0.05) is 0 Å². The number of nitrogens with one attached hydrogen (secondary N) is 2. The number of hydrogen-bond donors (Lipinski definition) is 2. The molecule has 0 aliphatic carbocycles. The zero-order chi connectivity index (χ0) is 19.3. The Bertz CT molecular complexity index is 995. The Balaban J connectivity index is 1.65. The maximum absolute atomic E-state index is 12.3. The fourth-order valence-corrected chi connectivity index (χ4v) is 3.32. The molecule has 0 bridgehead atoms. The van der Waals surface area contributed by atoms with Crippen molar-refractivity contribution in [1.29, 1.82) is 0 Å². The van der Waals surface area contributed by atoms with Crippen LogP contribution in [0.2, 0.25) is 0 Å². The van der Waals surface area contributed by atoms with Crippen LogP contribution in [-0.2, 0) is 16.6 Å². The molecule has 0 aliphatic heterocycles. The van der Waals surface area contributed by atoms with Crippen molar-refractivity contribution >= 4 is 21.6 Å².